The lowest BCUT2D eigenvalue weighted by atomic mass is 10.2. The van der Waals surface area contributed by atoms with Crippen molar-refractivity contribution in [1.82, 2.24) is 24.1 Å². The quantitative estimate of drug-likeness (QED) is 0.833. The molecule has 0 radical (unpaired) electrons. The molecule has 2 aromatic heterocycles. The van der Waals surface area contributed by atoms with Crippen molar-refractivity contribution in [3.05, 3.63) is 30.1 Å². The van der Waals surface area contributed by atoms with Gasteiger partial charge in [0.2, 0.25) is 10.0 Å². The van der Waals surface area contributed by atoms with Gasteiger partial charge in [0.05, 0.1) is 23.9 Å². The Morgan fingerprint density at radius 1 is 1.35 bits per heavy atom. The molecule has 0 bridgehead atoms. The Balaban J connectivity index is 1.79. The first-order chi connectivity index (χ1) is 10.8. The van der Waals surface area contributed by atoms with Crippen LogP contribution in [0.2, 0.25) is 0 Å². The van der Waals surface area contributed by atoms with E-state index in [1.807, 2.05) is 17.7 Å². The number of aliphatic hydroxyl groups excluding tert-OH is 1. The Hall–Kier alpha value is -1.71. The first-order valence-electron chi connectivity index (χ1n) is 7.49. The fourth-order valence-corrected chi connectivity index (χ4v) is 4.74. The minimum Gasteiger partial charge on any atom is -0.389 e. The van der Waals surface area contributed by atoms with Crippen LogP contribution < -0.4 is 4.72 Å². The lowest BCUT2D eigenvalue weighted by Gasteiger charge is -2.22. The van der Waals surface area contributed by atoms with Crippen LogP contribution in [0, 0.1) is 13.8 Å². The number of hydrogen-bond acceptors (Lipinski definition) is 5. The molecule has 1 saturated carbocycles. The molecule has 0 spiro atoms. The van der Waals surface area contributed by atoms with E-state index in [2.05, 4.69) is 14.8 Å². The van der Waals surface area contributed by atoms with Gasteiger partial charge in [-0.3, -0.25) is 4.68 Å². The molecule has 1 aliphatic carbocycles. The Labute approximate surface area is 135 Å². The van der Waals surface area contributed by atoms with Crippen LogP contribution in [0.25, 0.3) is 0 Å². The fraction of sp³-hybridized carbons (Fsp3) is 0.571. The Morgan fingerprint density at radius 2 is 2.09 bits per heavy atom. The van der Waals surface area contributed by atoms with Crippen molar-refractivity contribution in [2.24, 2.45) is 7.05 Å². The molecule has 0 aliphatic heterocycles. The van der Waals surface area contributed by atoms with Crippen molar-refractivity contribution in [3.8, 4) is 0 Å². The van der Waals surface area contributed by atoms with E-state index in [1.54, 1.807) is 20.2 Å². The third-order valence-electron chi connectivity index (χ3n) is 4.36. The molecule has 0 unspecified atom stereocenters. The molecule has 0 amide bonds. The molecule has 23 heavy (non-hydrogen) atoms. The highest BCUT2D eigenvalue weighted by atomic mass is 32.2. The van der Waals surface area contributed by atoms with E-state index in [-0.39, 0.29) is 10.9 Å². The molecule has 9 heteroatoms. The SMILES string of the molecule is Cc1nn(C)cc1S(=O)(=O)N[C@@H]1CC[C@@H](n2ccnc2C)[C@@H]1O. The molecular formula is C14H21N5O3S. The van der Waals surface area contributed by atoms with Crippen LogP contribution in [0.3, 0.4) is 0 Å². The predicted octanol–water partition coefficient (Wildman–Crippen LogP) is 0.276. The molecule has 2 heterocycles. The maximum atomic E-state index is 12.5. The molecule has 8 nitrogen and oxygen atoms in total. The van der Waals surface area contributed by atoms with Gasteiger partial charge in [-0.15, -0.1) is 0 Å². The average molecular weight is 339 g/mol. The first-order valence-corrected chi connectivity index (χ1v) is 8.98. The van der Waals surface area contributed by atoms with Gasteiger partial charge in [0.25, 0.3) is 0 Å². The fourth-order valence-electron chi connectivity index (χ4n) is 3.23. The maximum absolute atomic E-state index is 12.5. The van der Waals surface area contributed by atoms with Crippen LogP contribution in [0.5, 0.6) is 0 Å². The molecule has 1 aliphatic rings. The summed E-state index contributed by atoms with van der Waals surface area (Å²) in [5.74, 6) is 0.806. The highest BCUT2D eigenvalue weighted by Crippen LogP contribution is 2.32. The van der Waals surface area contributed by atoms with Crippen molar-refractivity contribution < 1.29 is 13.5 Å². The van der Waals surface area contributed by atoms with Crippen molar-refractivity contribution >= 4 is 10.0 Å². The van der Waals surface area contributed by atoms with Gasteiger partial charge in [0.15, 0.2) is 0 Å². The summed E-state index contributed by atoms with van der Waals surface area (Å²) in [4.78, 5) is 4.31. The minimum atomic E-state index is -3.71. The maximum Gasteiger partial charge on any atom is 0.244 e. The Kier molecular flexibility index (Phi) is 4.03. The largest absolute Gasteiger partial charge is 0.389 e. The summed E-state index contributed by atoms with van der Waals surface area (Å²) in [6.07, 6.45) is 5.43. The van der Waals surface area contributed by atoms with Crippen LogP contribution in [-0.2, 0) is 17.1 Å². The summed E-state index contributed by atoms with van der Waals surface area (Å²) in [6.45, 7) is 3.51. The molecule has 2 aromatic rings. The molecule has 0 saturated heterocycles. The van der Waals surface area contributed by atoms with Gasteiger partial charge in [-0.05, 0) is 26.7 Å². The molecule has 3 rings (SSSR count). The average Bonchev–Trinajstić information content (AvgIpc) is 3.12. The number of nitrogens with one attached hydrogen (secondary N) is 1. The summed E-state index contributed by atoms with van der Waals surface area (Å²) < 4.78 is 31.1. The van der Waals surface area contributed by atoms with Gasteiger partial charge >= 0.3 is 0 Å². The van der Waals surface area contributed by atoms with Gasteiger partial charge in [0.1, 0.15) is 10.7 Å². The Morgan fingerprint density at radius 3 is 2.65 bits per heavy atom. The van der Waals surface area contributed by atoms with Gasteiger partial charge in [0, 0.05) is 25.6 Å². The van der Waals surface area contributed by atoms with E-state index >= 15 is 0 Å². The van der Waals surface area contributed by atoms with Gasteiger partial charge in [-0.25, -0.2) is 18.1 Å². The topological polar surface area (TPSA) is 102 Å². The molecule has 126 valence electrons. The summed E-state index contributed by atoms with van der Waals surface area (Å²) in [5, 5.41) is 14.6. The number of aryl methyl sites for hydroxylation is 3. The lowest BCUT2D eigenvalue weighted by molar-refractivity contribution is 0.116. The number of aliphatic hydroxyl groups is 1. The number of aromatic nitrogens is 4. The highest BCUT2D eigenvalue weighted by molar-refractivity contribution is 7.89. The van der Waals surface area contributed by atoms with E-state index in [0.717, 1.165) is 5.82 Å². The standard InChI is InChI=1S/C14H21N5O3S/c1-9-13(8-18(3)16-9)23(21,22)17-11-4-5-12(14(11)20)19-7-6-15-10(19)2/h6-8,11-12,14,17,20H,4-5H2,1-3H3/t11-,12-,14-/m1/s1. The van der Waals surface area contributed by atoms with Crippen molar-refractivity contribution in [1.29, 1.82) is 0 Å². The number of nitrogens with zero attached hydrogens (tertiary/aromatic N) is 4. The number of sulfonamides is 1. The lowest BCUT2D eigenvalue weighted by Crippen LogP contribution is -2.42. The molecule has 0 aromatic carbocycles. The molecule has 3 atom stereocenters. The van der Waals surface area contributed by atoms with Crippen molar-refractivity contribution in [3.63, 3.8) is 0 Å². The number of rotatable bonds is 4. The molecule has 2 N–H and O–H groups in total. The highest BCUT2D eigenvalue weighted by Gasteiger charge is 2.39. The van der Waals surface area contributed by atoms with Gasteiger partial charge in [-0.2, -0.15) is 5.10 Å². The smallest absolute Gasteiger partial charge is 0.244 e. The molecule has 1 fully saturated rings. The summed E-state index contributed by atoms with van der Waals surface area (Å²) in [5.41, 5.74) is 0.439. The van der Waals surface area contributed by atoms with Crippen LogP contribution in [-0.4, -0.2) is 45.0 Å². The second-order valence-corrected chi connectivity index (χ2v) is 7.68. The summed E-state index contributed by atoms with van der Waals surface area (Å²) >= 11 is 0. The normalized spacial score (nSPS) is 25.1. The summed E-state index contributed by atoms with van der Waals surface area (Å²) in [7, 11) is -2.03. The van der Waals surface area contributed by atoms with Crippen LogP contribution >= 0.6 is 0 Å². The second-order valence-electron chi connectivity index (χ2n) is 6.00. The zero-order valence-corrected chi connectivity index (χ0v) is 14.2. The van der Waals surface area contributed by atoms with Crippen molar-refractivity contribution in [2.75, 3.05) is 0 Å². The van der Waals surface area contributed by atoms with E-state index in [9.17, 15) is 13.5 Å². The zero-order chi connectivity index (χ0) is 16.8. The van der Waals surface area contributed by atoms with E-state index in [1.165, 1.54) is 10.9 Å². The minimum absolute atomic E-state index is 0.148. The Bertz CT molecular complexity index is 810. The number of hydrogen-bond donors (Lipinski definition) is 2. The summed E-state index contributed by atoms with van der Waals surface area (Å²) in [6, 6.07) is -0.688. The first kappa shape index (κ1) is 16.2. The molecular weight excluding hydrogens is 318 g/mol. The van der Waals surface area contributed by atoms with Crippen LogP contribution in [0.15, 0.2) is 23.5 Å². The van der Waals surface area contributed by atoms with E-state index < -0.39 is 22.2 Å². The van der Waals surface area contributed by atoms with Gasteiger partial charge < -0.3 is 9.67 Å². The van der Waals surface area contributed by atoms with Crippen LogP contribution in [0.4, 0.5) is 0 Å². The van der Waals surface area contributed by atoms with Crippen molar-refractivity contribution in [2.45, 2.75) is 49.8 Å². The van der Waals surface area contributed by atoms with E-state index in [0.29, 0.717) is 18.5 Å². The predicted molar refractivity (Wildman–Crippen MR) is 83.3 cm³/mol. The van der Waals surface area contributed by atoms with E-state index in [4.69, 9.17) is 0 Å². The van der Waals surface area contributed by atoms with Gasteiger partial charge in [-0.1, -0.05) is 0 Å². The number of imidazole rings is 1. The van der Waals surface area contributed by atoms with Crippen LogP contribution in [0.1, 0.15) is 30.4 Å². The zero-order valence-electron chi connectivity index (χ0n) is 13.3. The monoisotopic (exact) mass is 339 g/mol. The third-order valence-corrected chi connectivity index (χ3v) is 5.96. The third kappa shape index (κ3) is 2.91. The second kappa shape index (κ2) is 5.73.